The van der Waals surface area contributed by atoms with Gasteiger partial charge in [-0.25, -0.2) is 4.98 Å². The number of esters is 1. The van der Waals surface area contributed by atoms with Gasteiger partial charge in [0.05, 0.1) is 17.1 Å². The number of nitrogens with zero attached hydrogens (tertiary/aromatic N) is 2. The summed E-state index contributed by atoms with van der Waals surface area (Å²) in [5.74, 6) is 0.464. The van der Waals surface area contributed by atoms with E-state index in [4.69, 9.17) is 4.74 Å². The number of hydrogen-bond donors (Lipinski definition) is 1. The first-order chi connectivity index (χ1) is 14.0. The molecule has 1 aromatic heterocycles. The zero-order valence-electron chi connectivity index (χ0n) is 17.1. The normalized spacial score (nSPS) is 11.0. The fourth-order valence-electron chi connectivity index (χ4n) is 3.29. The Morgan fingerprint density at radius 1 is 1.10 bits per heavy atom. The van der Waals surface area contributed by atoms with Gasteiger partial charge in [0.1, 0.15) is 12.4 Å². The van der Waals surface area contributed by atoms with Crippen LogP contribution in [-0.4, -0.2) is 34.1 Å². The number of hydrogen-bond acceptors (Lipinski definition) is 4. The molecular weight excluding hydrogens is 366 g/mol. The molecule has 0 fully saturated rings. The highest BCUT2D eigenvalue weighted by atomic mass is 16.5. The van der Waals surface area contributed by atoms with Crippen molar-refractivity contribution in [3.63, 3.8) is 0 Å². The monoisotopic (exact) mass is 393 g/mol. The first kappa shape index (κ1) is 20.6. The van der Waals surface area contributed by atoms with Crippen molar-refractivity contribution in [3.05, 3.63) is 65.5 Å². The third kappa shape index (κ3) is 5.22. The van der Waals surface area contributed by atoms with Gasteiger partial charge in [0.25, 0.3) is 5.91 Å². The fraction of sp³-hybridized carbons (Fsp3) is 0.348. The molecule has 1 heterocycles. The summed E-state index contributed by atoms with van der Waals surface area (Å²) in [5, 5.41) is 2.96. The molecule has 0 bridgehead atoms. The van der Waals surface area contributed by atoms with Gasteiger partial charge < -0.3 is 14.6 Å². The maximum absolute atomic E-state index is 12.3. The van der Waals surface area contributed by atoms with Gasteiger partial charge in [-0.2, -0.15) is 0 Å². The average molecular weight is 393 g/mol. The lowest BCUT2D eigenvalue weighted by molar-refractivity contribution is -0.148. The summed E-state index contributed by atoms with van der Waals surface area (Å²) >= 11 is 0. The summed E-state index contributed by atoms with van der Waals surface area (Å²) in [6.07, 6.45) is 1.22. The van der Waals surface area contributed by atoms with Crippen LogP contribution < -0.4 is 5.32 Å². The van der Waals surface area contributed by atoms with E-state index in [0.717, 1.165) is 28.8 Å². The molecule has 0 unspecified atom stereocenters. The summed E-state index contributed by atoms with van der Waals surface area (Å²) in [6, 6.07) is 15.3. The number of fused-ring (bicyclic) bond motifs is 1. The summed E-state index contributed by atoms with van der Waals surface area (Å²) in [4.78, 5) is 29.2. The molecule has 0 saturated carbocycles. The lowest BCUT2D eigenvalue weighted by atomic mass is 10.1. The molecule has 29 heavy (non-hydrogen) atoms. The molecule has 1 amide bonds. The van der Waals surface area contributed by atoms with Gasteiger partial charge >= 0.3 is 5.97 Å². The smallest absolute Gasteiger partial charge is 0.326 e. The van der Waals surface area contributed by atoms with Crippen LogP contribution in [0.4, 0.5) is 0 Å². The standard InChI is InChI=1S/C23H27N3O3/c1-16(2)29-22(27)15-26-20-12-7-6-11-19(20)25-21(26)13-8-14-24-23(28)18-10-5-4-9-17(18)3/h4-7,9-12,16H,8,13-15H2,1-3H3,(H,24,28). The molecule has 0 atom stereocenters. The van der Waals surface area contributed by atoms with E-state index in [0.29, 0.717) is 18.5 Å². The molecule has 0 aliphatic heterocycles. The van der Waals surface area contributed by atoms with Gasteiger partial charge in [0.15, 0.2) is 0 Å². The number of amides is 1. The summed E-state index contributed by atoms with van der Waals surface area (Å²) in [7, 11) is 0. The van der Waals surface area contributed by atoms with E-state index >= 15 is 0 Å². The summed E-state index contributed by atoms with van der Waals surface area (Å²) < 4.78 is 7.21. The highest BCUT2D eigenvalue weighted by Crippen LogP contribution is 2.17. The highest BCUT2D eigenvalue weighted by Gasteiger charge is 2.15. The van der Waals surface area contributed by atoms with Crippen molar-refractivity contribution >= 4 is 22.9 Å². The van der Waals surface area contributed by atoms with Crippen LogP contribution in [0.3, 0.4) is 0 Å². The van der Waals surface area contributed by atoms with E-state index in [1.165, 1.54) is 0 Å². The summed E-state index contributed by atoms with van der Waals surface area (Å²) in [5.41, 5.74) is 3.41. The average Bonchev–Trinajstić information content (AvgIpc) is 3.02. The molecule has 0 spiro atoms. The molecule has 0 radical (unpaired) electrons. The number of aryl methyl sites for hydroxylation is 2. The Bertz CT molecular complexity index is 1010. The number of nitrogens with one attached hydrogen (secondary N) is 1. The number of ether oxygens (including phenoxy) is 1. The minimum atomic E-state index is -0.280. The van der Waals surface area contributed by atoms with E-state index in [-0.39, 0.29) is 24.5 Å². The van der Waals surface area contributed by atoms with Crippen LogP contribution in [0.1, 0.15) is 42.0 Å². The van der Waals surface area contributed by atoms with Gasteiger partial charge in [0.2, 0.25) is 0 Å². The number of aromatic nitrogens is 2. The lowest BCUT2D eigenvalue weighted by Crippen LogP contribution is -2.26. The van der Waals surface area contributed by atoms with E-state index in [9.17, 15) is 9.59 Å². The van der Waals surface area contributed by atoms with Crippen LogP contribution in [0.15, 0.2) is 48.5 Å². The van der Waals surface area contributed by atoms with E-state index in [1.54, 1.807) is 0 Å². The predicted octanol–water partition coefficient (Wildman–Crippen LogP) is 3.66. The molecule has 0 saturated heterocycles. The third-order valence-corrected chi connectivity index (χ3v) is 4.64. The first-order valence-corrected chi connectivity index (χ1v) is 9.93. The van der Waals surface area contributed by atoms with Crippen molar-refractivity contribution in [2.45, 2.75) is 46.3 Å². The van der Waals surface area contributed by atoms with Crippen molar-refractivity contribution < 1.29 is 14.3 Å². The Morgan fingerprint density at radius 3 is 2.59 bits per heavy atom. The second-order valence-electron chi connectivity index (χ2n) is 7.32. The second kappa shape index (κ2) is 9.37. The quantitative estimate of drug-likeness (QED) is 0.468. The van der Waals surface area contributed by atoms with Crippen molar-refractivity contribution in [1.82, 2.24) is 14.9 Å². The number of para-hydroxylation sites is 2. The Balaban J connectivity index is 1.65. The molecule has 3 rings (SSSR count). The second-order valence-corrected chi connectivity index (χ2v) is 7.32. The zero-order valence-corrected chi connectivity index (χ0v) is 17.1. The largest absolute Gasteiger partial charge is 0.462 e. The first-order valence-electron chi connectivity index (χ1n) is 9.93. The molecule has 1 N–H and O–H groups in total. The molecule has 0 aliphatic rings. The lowest BCUT2D eigenvalue weighted by Gasteiger charge is -2.12. The molecule has 152 valence electrons. The molecule has 3 aromatic rings. The minimum absolute atomic E-state index is 0.0721. The van der Waals surface area contributed by atoms with Gasteiger partial charge in [-0.3, -0.25) is 9.59 Å². The Kier molecular flexibility index (Phi) is 6.65. The van der Waals surface area contributed by atoms with E-state index in [2.05, 4.69) is 10.3 Å². The van der Waals surface area contributed by atoms with Crippen LogP contribution in [0.5, 0.6) is 0 Å². The molecule has 0 aliphatic carbocycles. The van der Waals surface area contributed by atoms with Crippen LogP contribution in [0, 0.1) is 6.92 Å². The predicted molar refractivity (Wildman–Crippen MR) is 113 cm³/mol. The maximum Gasteiger partial charge on any atom is 0.326 e. The number of rotatable bonds is 8. The van der Waals surface area contributed by atoms with Crippen LogP contribution >= 0.6 is 0 Å². The summed E-state index contributed by atoms with van der Waals surface area (Å²) in [6.45, 7) is 6.26. The van der Waals surface area contributed by atoms with Crippen molar-refractivity contribution in [3.8, 4) is 0 Å². The SMILES string of the molecule is Cc1ccccc1C(=O)NCCCc1nc2ccccc2n1CC(=O)OC(C)C. The van der Waals surface area contributed by atoms with Gasteiger partial charge in [-0.15, -0.1) is 0 Å². The molecule has 6 heteroatoms. The minimum Gasteiger partial charge on any atom is -0.462 e. The number of carbonyl (C=O) groups excluding carboxylic acids is 2. The van der Waals surface area contributed by atoms with Gasteiger partial charge in [0, 0.05) is 18.5 Å². The van der Waals surface area contributed by atoms with Crippen LogP contribution in [0.25, 0.3) is 11.0 Å². The highest BCUT2D eigenvalue weighted by molar-refractivity contribution is 5.95. The van der Waals surface area contributed by atoms with Crippen molar-refractivity contribution in [2.24, 2.45) is 0 Å². The van der Waals surface area contributed by atoms with Crippen molar-refractivity contribution in [2.75, 3.05) is 6.54 Å². The molecular formula is C23H27N3O3. The van der Waals surface area contributed by atoms with Crippen molar-refractivity contribution in [1.29, 1.82) is 0 Å². The Morgan fingerprint density at radius 2 is 1.83 bits per heavy atom. The fourth-order valence-corrected chi connectivity index (χ4v) is 3.29. The third-order valence-electron chi connectivity index (χ3n) is 4.64. The number of imidazole rings is 1. The molecule has 2 aromatic carbocycles. The number of benzene rings is 2. The van der Waals surface area contributed by atoms with Crippen LogP contribution in [-0.2, 0) is 22.5 Å². The van der Waals surface area contributed by atoms with E-state index < -0.39 is 0 Å². The maximum atomic E-state index is 12.3. The van der Waals surface area contributed by atoms with Gasteiger partial charge in [-0.1, -0.05) is 30.3 Å². The van der Waals surface area contributed by atoms with Gasteiger partial charge in [-0.05, 0) is 51.0 Å². The Labute approximate surface area is 170 Å². The van der Waals surface area contributed by atoms with E-state index in [1.807, 2.05) is 73.9 Å². The molecule has 6 nitrogen and oxygen atoms in total. The van der Waals surface area contributed by atoms with Crippen LogP contribution in [0.2, 0.25) is 0 Å². The topological polar surface area (TPSA) is 73.2 Å². The zero-order chi connectivity index (χ0) is 20.8. The Hall–Kier alpha value is -3.15. The number of carbonyl (C=O) groups is 2.